The zero-order chi connectivity index (χ0) is 21.9. The highest BCUT2D eigenvalue weighted by Gasteiger charge is 2.29. The molecule has 0 spiro atoms. The Morgan fingerprint density at radius 2 is 0.966 bits per heavy atom. The molecule has 29 heavy (non-hydrogen) atoms. The smallest absolute Gasteiger partial charge is 0.334 e. The molecule has 2 nitrogen and oxygen atoms in total. The van der Waals surface area contributed by atoms with Gasteiger partial charge in [0.05, 0.1) is 0 Å². The van der Waals surface area contributed by atoms with Gasteiger partial charge in [-0.15, -0.1) is 0 Å². The van der Waals surface area contributed by atoms with Gasteiger partial charge in [-0.3, -0.25) is 0 Å². The van der Waals surface area contributed by atoms with Gasteiger partial charge in [-0.25, -0.2) is 22.0 Å². The molecule has 8 heteroatoms. The van der Waals surface area contributed by atoms with Gasteiger partial charge in [0.2, 0.25) is 5.82 Å². The summed E-state index contributed by atoms with van der Waals surface area (Å²) < 4.78 is 78.2. The largest absolute Gasteiger partial charge is 0.395 e. The summed E-state index contributed by atoms with van der Waals surface area (Å²) in [5, 5.41) is 0. The Labute approximate surface area is 172 Å². The van der Waals surface area contributed by atoms with Crippen LogP contribution in [0, 0.1) is 29.1 Å². The lowest BCUT2D eigenvalue weighted by molar-refractivity contribution is 0.188. The Balaban J connectivity index is 2.19. The fourth-order valence-corrected chi connectivity index (χ4v) is 5.96. The maximum Gasteiger partial charge on any atom is 0.334 e. The van der Waals surface area contributed by atoms with Crippen LogP contribution in [-0.4, -0.2) is 21.8 Å². The number of hydrogen-bond acceptors (Lipinski definition) is 2. The van der Waals surface area contributed by atoms with E-state index in [1.54, 1.807) is 0 Å². The Kier molecular flexibility index (Phi) is 12.0. The van der Waals surface area contributed by atoms with Crippen LogP contribution >= 0.6 is 0 Å². The molecule has 1 aromatic carbocycles. The summed E-state index contributed by atoms with van der Waals surface area (Å²) in [7, 11) is -2.03. The third kappa shape index (κ3) is 8.34. The summed E-state index contributed by atoms with van der Waals surface area (Å²) in [6, 6.07) is 0.983. The molecule has 0 saturated carbocycles. The van der Waals surface area contributed by atoms with E-state index in [9.17, 15) is 22.0 Å². The molecule has 0 aliphatic heterocycles. The van der Waals surface area contributed by atoms with Gasteiger partial charge in [-0.05, 0) is 39.3 Å². The quantitative estimate of drug-likeness (QED) is 0.0945. The normalized spacial score (nSPS) is 12.0. The molecular weight excluding hydrogens is 407 g/mol. The van der Waals surface area contributed by atoms with Crippen LogP contribution in [0.25, 0.3) is 0 Å². The fourth-order valence-electron chi connectivity index (χ4n) is 3.48. The van der Waals surface area contributed by atoms with Crippen molar-refractivity contribution in [1.82, 2.24) is 0 Å². The number of rotatable bonds is 15. The van der Waals surface area contributed by atoms with Gasteiger partial charge in [0.15, 0.2) is 23.3 Å². The molecule has 1 rings (SSSR count). The van der Waals surface area contributed by atoms with Crippen molar-refractivity contribution in [3.8, 4) is 0 Å². The van der Waals surface area contributed by atoms with Crippen molar-refractivity contribution in [2.24, 2.45) is 0 Å². The second kappa shape index (κ2) is 13.3. The maximum absolute atomic E-state index is 13.6. The molecule has 0 bridgehead atoms. The average molecular weight is 441 g/mol. The minimum atomic E-state index is -2.10. The first-order valence-corrected chi connectivity index (χ1v) is 13.1. The topological polar surface area (TPSA) is 18.5 Å². The van der Waals surface area contributed by atoms with Crippen LogP contribution in [0.3, 0.4) is 0 Å². The molecule has 0 aliphatic rings. The van der Waals surface area contributed by atoms with Crippen molar-refractivity contribution in [3.05, 3.63) is 34.6 Å². The minimum absolute atomic E-state index is 0.149. The van der Waals surface area contributed by atoms with Crippen LogP contribution in [-0.2, 0) is 15.3 Å². The molecule has 168 valence electrons. The van der Waals surface area contributed by atoms with Gasteiger partial charge in [0.1, 0.15) is 0 Å². The molecule has 0 saturated heterocycles. The highest BCUT2D eigenvalue weighted by molar-refractivity contribution is 6.66. The number of benzene rings is 1. The van der Waals surface area contributed by atoms with Gasteiger partial charge >= 0.3 is 8.56 Å². The van der Waals surface area contributed by atoms with Gasteiger partial charge < -0.3 is 8.85 Å². The molecule has 0 fully saturated rings. The van der Waals surface area contributed by atoms with E-state index in [2.05, 4.69) is 6.55 Å². The summed E-state index contributed by atoms with van der Waals surface area (Å²) >= 11 is 0. The van der Waals surface area contributed by atoms with Crippen molar-refractivity contribution in [2.45, 2.75) is 84.2 Å². The number of halogens is 5. The molecule has 0 radical (unpaired) electrons. The maximum atomic E-state index is 13.6. The lowest BCUT2D eigenvalue weighted by Gasteiger charge is -2.25. The third-order valence-electron chi connectivity index (χ3n) is 5.01. The van der Waals surface area contributed by atoms with E-state index < -0.39 is 43.2 Å². The Morgan fingerprint density at radius 3 is 1.41 bits per heavy atom. The van der Waals surface area contributed by atoms with E-state index in [1.807, 2.05) is 13.8 Å². The monoisotopic (exact) mass is 440 g/mol. The van der Waals surface area contributed by atoms with Crippen molar-refractivity contribution in [2.75, 3.05) is 13.2 Å². The van der Waals surface area contributed by atoms with Crippen LogP contribution in [0.5, 0.6) is 0 Å². The lowest BCUT2D eigenvalue weighted by Crippen LogP contribution is -2.38. The zero-order valence-electron chi connectivity index (χ0n) is 17.7. The lowest BCUT2D eigenvalue weighted by atomic mass is 10.0. The standard InChI is InChI=1S/C21H33F5O2Si/c1-4-27-29(3,28-5-2)15-13-11-9-7-6-8-10-12-14-16-17(22)19(24)21(26)20(25)18(16)23/h4-15H2,1-3H3. The van der Waals surface area contributed by atoms with Gasteiger partial charge in [0, 0.05) is 18.8 Å². The summed E-state index contributed by atoms with van der Waals surface area (Å²) in [6.07, 6.45) is 7.14. The Hall–Kier alpha value is -0.993. The molecule has 0 N–H and O–H groups in total. The highest BCUT2D eigenvalue weighted by Crippen LogP contribution is 2.25. The molecule has 0 unspecified atom stereocenters. The number of unbranched alkanes of at least 4 members (excludes halogenated alkanes) is 7. The molecule has 0 heterocycles. The molecule has 0 atom stereocenters. The van der Waals surface area contributed by atoms with E-state index in [0.717, 1.165) is 44.6 Å². The Bertz CT molecular complexity index is 593. The van der Waals surface area contributed by atoms with Crippen LogP contribution in [0.2, 0.25) is 12.6 Å². The van der Waals surface area contributed by atoms with E-state index in [0.29, 0.717) is 26.1 Å². The third-order valence-corrected chi connectivity index (χ3v) is 8.07. The highest BCUT2D eigenvalue weighted by atomic mass is 28.4. The molecule has 1 aromatic rings. The minimum Gasteiger partial charge on any atom is -0.395 e. The van der Waals surface area contributed by atoms with Gasteiger partial charge in [0.25, 0.3) is 0 Å². The van der Waals surface area contributed by atoms with E-state index in [1.165, 1.54) is 0 Å². The van der Waals surface area contributed by atoms with Crippen LogP contribution in [0.1, 0.15) is 70.8 Å². The van der Waals surface area contributed by atoms with E-state index in [4.69, 9.17) is 8.85 Å². The van der Waals surface area contributed by atoms with E-state index >= 15 is 0 Å². The van der Waals surface area contributed by atoms with Crippen molar-refractivity contribution in [1.29, 1.82) is 0 Å². The first-order valence-electron chi connectivity index (χ1n) is 10.6. The molecular formula is C21H33F5O2Si. The summed E-state index contributed by atoms with van der Waals surface area (Å²) in [5.74, 6) is -9.26. The first kappa shape index (κ1) is 26.0. The fraction of sp³-hybridized carbons (Fsp3) is 0.714. The van der Waals surface area contributed by atoms with Gasteiger partial charge in [-0.2, -0.15) is 0 Å². The van der Waals surface area contributed by atoms with Gasteiger partial charge in [-0.1, -0.05) is 44.9 Å². The Morgan fingerprint density at radius 1 is 0.586 bits per heavy atom. The van der Waals surface area contributed by atoms with Crippen molar-refractivity contribution < 1.29 is 30.8 Å². The second-order valence-corrected chi connectivity index (χ2v) is 10.7. The number of hydrogen-bond donors (Lipinski definition) is 0. The summed E-state index contributed by atoms with van der Waals surface area (Å²) in [6.45, 7) is 7.41. The first-order chi connectivity index (χ1) is 13.8. The molecule has 0 aromatic heterocycles. The summed E-state index contributed by atoms with van der Waals surface area (Å²) in [4.78, 5) is 0. The van der Waals surface area contributed by atoms with Crippen LogP contribution in [0.4, 0.5) is 22.0 Å². The van der Waals surface area contributed by atoms with Crippen LogP contribution in [0.15, 0.2) is 0 Å². The second-order valence-electron chi connectivity index (χ2n) is 7.38. The average Bonchev–Trinajstić information content (AvgIpc) is 2.69. The molecule has 0 aliphatic carbocycles. The zero-order valence-corrected chi connectivity index (χ0v) is 18.7. The summed E-state index contributed by atoms with van der Waals surface area (Å²) in [5.41, 5.74) is -0.711. The molecule has 0 amide bonds. The van der Waals surface area contributed by atoms with Crippen molar-refractivity contribution >= 4 is 8.56 Å². The SMILES string of the molecule is CCO[Si](C)(CCCCCCCCCCc1c(F)c(F)c(F)c(F)c1F)OCC. The van der Waals surface area contributed by atoms with E-state index in [-0.39, 0.29) is 6.42 Å². The predicted molar refractivity (Wildman–Crippen MR) is 107 cm³/mol. The van der Waals surface area contributed by atoms with Crippen molar-refractivity contribution in [3.63, 3.8) is 0 Å². The van der Waals surface area contributed by atoms with Crippen LogP contribution < -0.4 is 0 Å². The predicted octanol–water partition coefficient (Wildman–Crippen LogP) is 7.19.